The van der Waals surface area contributed by atoms with Gasteiger partial charge in [0.2, 0.25) is 0 Å². The molecule has 0 fully saturated rings. The molecule has 1 unspecified atom stereocenters. The van der Waals surface area contributed by atoms with Gasteiger partial charge < -0.3 is 10.4 Å². The van der Waals surface area contributed by atoms with Crippen molar-refractivity contribution in [3.63, 3.8) is 0 Å². The van der Waals surface area contributed by atoms with Gasteiger partial charge >= 0.3 is 0 Å². The third-order valence-corrected chi connectivity index (χ3v) is 0.508. The highest BCUT2D eigenvalue weighted by atomic mass is 19.1. The number of rotatable bonds is 3. The third-order valence-electron chi connectivity index (χ3n) is 0.508. The summed E-state index contributed by atoms with van der Waals surface area (Å²) in [7, 11) is 4.56. The van der Waals surface area contributed by atoms with Crippen LogP contribution in [0.1, 0.15) is 0 Å². The first-order chi connectivity index (χ1) is 3.31. The Bertz CT molecular complexity index is 45.9. The van der Waals surface area contributed by atoms with Crippen LogP contribution < -0.4 is 5.73 Å². The smallest absolute Gasteiger partial charge is 0.282 e. The lowest BCUT2D eigenvalue weighted by Gasteiger charge is -2.02. The van der Waals surface area contributed by atoms with E-state index in [1.165, 1.54) is 0 Å². The van der Waals surface area contributed by atoms with E-state index < -0.39 is 12.7 Å². The van der Waals surface area contributed by atoms with Crippen molar-refractivity contribution < 1.29 is 9.04 Å². The molecule has 0 heterocycles. The minimum atomic E-state index is -0.586. The van der Waals surface area contributed by atoms with Crippen molar-refractivity contribution in [2.24, 2.45) is 5.73 Å². The lowest BCUT2D eigenvalue weighted by molar-refractivity contribution is 0.281. The van der Waals surface area contributed by atoms with Gasteiger partial charge in [-0.1, -0.05) is 0 Å². The Balaban J connectivity index is 2.83. The van der Waals surface area contributed by atoms with Crippen LogP contribution >= 0.6 is 0 Å². The highest BCUT2D eigenvalue weighted by Crippen LogP contribution is 1.77. The molecule has 2 N–H and O–H groups in total. The molecule has 0 saturated heterocycles. The van der Waals surface area contributed by atoms with E-state index >= 15 is 0 Å². The molecule has 0 aromatic heterocycles. The number of hydrogen-bond acceptors (Lipinski definition) is 2. The summed E-state index contributed by atoms with van der Waals surface area (Å²) in [5.74, 6) is 0. The number of alkyl halides is 1. The molecule has 0 aromatic carbocycles. The van der Waals surface area contributed by atoms with Crippen molar-refractivity contribution in [3.05, 3.63) is 0 Å². The van der Waals surface area contributed by atoms with Gasteiger partial charge in [-0.3, -0.25) is 0 Å². The normalized spacial score (nSPS) is 14.0. The standard InChI is InChI=1S/C3H7BFNO/c4-7-2-3(6)1-5/h3H,1-2,6H2. The summed E-state index contributed by atoms with van der Waals surface area (Å²) in [6.45, 7) is -0.506. The second-order valence-electron chi connectivity index (χ2n) is 1.25. The maximum Gasteiger partial charge on any atom is 0.282 e. The highest BCUT2D eigenvalue weighted by molar-refractivity contribution is 5.97. The average molecular weight is 103 g/mol. The van der Waals surface area contributed by atoms with Crippen LogP contribution in [-0.2, 0) is 4.65 Å². The minimum absolute atomic E-state index is 0.0799. The Labute approximate surface area is 43.3 Å². The van der Waals surface area contributed by atoms with Crippen molar-refractivity contribution in [1.82, 2.24) is 0 Å². The number of halogens is 1. The van der Waals surface area contributed by atoms with E-state index in [0.29, 0.717) is 0 Å². The summed E-state index contributed by atoms with van der Waals surface area (Å²) < 4.78 is 15.3. The first-order valence-electron chi connectivity index (χ1n) is 1.94. The molecule has 0 bridgehead atoms. The van der Waals surface area contributed by atoms with Crippen molar-refractivity contribution in [2.75, 3.05) is 13.3 Å². The number of nitrogens with two attached hydrogens (primary N) is 1. The van der Waals surface area contributed by atoms with E-state index in [1.807, 2.05) is 0 Å². The molecule has 0 saturated carbocycles. The lowest BCUT2D eigenvalue weighted by Crippen LogP contribution is -2.27. The maximum absolute atomic E-state index is 11.3. The molecule has 0 aliphatic rings. The van der Waals surface area contributed by atoms with Gasteiger partial charge in [0.25, 0.3) is 8.05 Å². The summed E-state index contributed by atoms with van der Waals surface area (Å²) in [5, 5.41) is 0. The average Bonchev–Trinajstić information content (AvgIpc) is 1.68. The molecular formula is C3H7BFNO. The fourth-order valence-electron chi connectivity index (χ4n) is 0.168. The van der Waals surface area contributed by atoms with E-state index in [2.05, 4.69) is 12.7 Å². The van der Waals surface area contributed by atoms with Gasteiger partial charge in [0, 0.05) is 6.61 Å². The SMILES string of the molecule is [B]OCC(N)CF. The van der Waals surface area contributed by atoms with E-state index in [-0.39, 0.29) is 6.61 Å². The molecule has 7 heavy (non-hydrogen) atoms. The fraction of sp³-hybridized carbons (Fsp3) is 1.00. The largest absolute Gasteiger partial charge is 0.446 e. The van der Waals surface area contributed by atoms with E-state index in [9.17, 15) is 4.39 Å². The predicted octanol–water partition coefficient (Wildman–Crippen LogP) is -0.617. The van der Waals surface area contributed by atoms with Crippen LogP contribution in [0.2, 0.25) is 0 Å². The Morgan fingerprint density at radius 2 is 2.43 bits per heavy atom. The molecule has 1 atom stereocenters. The summed E-state index contributed by atoms with van der Waals surface area (Å²) in [6.07, 6.45) is 0. The van der Waals surface area contributed by atoms with Gasteiger partial charge in [-0.15, -0.1) is 0 Å². The topological polar surface area (TPSA) is 35.2 Å². The van der Waals surface area contributed by atoms with Crippen LogP contribution in [0, 0.1) is 0 Å². The van der Waals surface area contributed by atoms with E-state index in [1.54, 1.807) is 0 Å². The molecule has 0 spiro atoms. The molecule has 2 nitrogen and oxygen atoms in total. The molecule has 0 amide bonds. The molecule has 0 aliphatic carbocycles. The Kier molecular flexibility index (Phi) is 4.03. The van der Waals surface area contributed by atoms with Crippen LogP contribution in [0.15, 0.2) is 0 Å². The Morgan fingerprint density at radius 1 is 1.86 bits per heavy atom. The van der Waals surface area contributed by atoms with Gasteiger partial charge in [-0.05, 0) is 0 Å². The van der Waals surface area contributed by atoms with Crippen molar-refractivity contribution >= 4 is 8.05 Å². The summed E-state index contributed by atoms with van der Waals surface area (Å²) >= 11 is 0. The zero-order valence-corrected chi connectivity index (χ0v) is 3.93. The first-order valence-corrected chi connectivity index (χ1v) is 1.94. The van der Waals surface area contributed by atoms with Crippen LogP contribution in [-0.4, -0.2) is 27.4 Å². The fourth-order valence-corrected chi connectivity index (χ4v) is 0.168. The van der Waals surface area contributed by atoms with Gasteiger partial charge in [-0.2, -0.15) is 0 Å². The quantitative estimate of drug-likeness (QED) is 0.483. The van der Waals surface area contributed by atoms with Gasteiger partial charge in [0.15, 0.2) is 0 Å². The maximum atomic E-state index is 11.3. The molecule has 0 aromatic rings. The third kappa shape index (κ3) is 3.75. The predicted molar refractivity (Wildman–Crippen MR) is 25.7 cm³/mol. The molecular weight excluding hydrogens is 95.8 g/mol. The van der Waals surface area contributed by atoms with Crippen LogP contribution in [0.4, 0.5) is 4.39 Å². The zero-order chi connectivity index (χ0) is 5.70. The van der Waals surface area contributed by atoms with Crippen LogP contribution in [0.3, 0.4) is 0 Å². The van der Waals surface area contributed by atoms with Crippen molar-refractivity contribution in [1.29, 1.82) is 0 Å². The van der Waals surface area contributed by atoms with Crippen LogP contribution in [0.5, 0.6) is 0 Å². The van der Waals surface area contributed by atoms with E-state index in [0.717, 1.165) is 0 Å². The highest BCUT2D eigenvalue weighted by Gasteiger charge is 1.96. The summed E-state index contributed by atoms with van der Waals surface area (Å²) in [4.78, 5) is 0. The monoisotopic (exact) mass is 103 g/mol. The van der Waals surface area contributed by atoms with E-state index in [4.69, 9.17) is 5.73 Å². The number of hydrogen-bond donors (Lipinski definition) is 1. The zero-order valence-electron chi connectivity index (χ0n) is 3.93. The van der Waals surface area contributed by atoms with Gasteiger partial charge in [-0.25, -0.2) is 4.39 Å². The van der Waals surface area contributed by atoms with Gasteiger partial charge in [0.05, 0.1) is 6.04 Å². The molecule has 40 valence electrons. The second kappa shape index (κ2) is 4.08. The van der Waals surface area contributed by atoms with Crippen LogP contribution in [0.25, 0.3) is 0 Å². The second-order valence-corrected chi connectivity index (χ2v) is 1.25. The summed E-state index contributed by atoms with van der Waals surface area (Å²) in [6, 6.07) is -0.565. The lowest BCUT2D eigenvalue weighted by atomic mass is 10.4. The van der Waals surface area contributed by atoms with Gasteiger partial charge in [0.1, 0.15) is 6.67 Å². The molecule has 0 aliphatic heterocycles. The first kappa shape index (κ1) is 6.91. The molecule has 4 heteroatoms. The molecule has 0 rings (SSSR count). The molecule has 2 radical (unpaired) electrons. The van der Waals surface area contributed by atoms with Crippen molar-refractivity contribution in [2.45, 2.75) is 6.04 Å². The Hall–Kier alpha value is -0.0851. The minimum Gasteiger partial charge on any atom is -0.446 e. The van der Waals surface area contributed by atoms with Crippen molar-refractivity contribution in [3.8, 4) is 0 Å². The summed E-state index contributed by atoms with van der Waals surface area (Å²) in [5.41, 5.74) is 5.00. The Morgan fingerprint density at radius 3 is 2.57 bits per heavy atom.